The maximum atomic E-state index is 6.07. The summed E-state index contributed by atoms with van der Waals surface area (Å²) in [7, 11) is 0. The number of nitrogens with one attached hydrogen (secondary N) is 1. The lowest BCUT2D eigenvalue weighted by Gasteiger charge is -2.30. The summed E-state index contributed by atoms with van der Waals surface area (Å²) in [6, 6.07) is 10.9. The van der Waals surface area contributed by atoms with E-state index in [2.05, 4.69) is 38.4 Å². The lowest BCUT2D eigenvalue weighted by molar-refractivity contribution is 0.153. The van der Waals surface area contributed by atoms with Gasteiger partial charge in [0.05, 0.1) is 6.54 Å². The van der Waals surface area contributed by atoms with Crippen LogP contribution in [-0.4, -0.2) is 34.0 Å². The Kier molecular flexibility index (Phi) is 6.61. The van der Waals surface area contributed by atoms with Crippen LogP contribution >= 0.6 is 12.4 Å². The molecule has 1 N–H and O–H groups in total. The Morgan fingerprint density at radius 1 is 1.08 bits per heavy atom. The minimum Gasteiger partial charge on any atom is -0.460 e. The highest BCUT2D eigenvalue weighted by molar-refractivity contribution is 5.85. The van der Waals surface area contributed by atoms with Gasteiger partial charge in [-0.25, -0.2) is 9.97 Å². The van der Waals surface area contributed by atoms with Gasteiger partial charge in [-0.1, -0.05) is 18.2 Å². The van der Waals surface area contributed by atoms with E-state index in [1.54, 1.807) is 6.33 Å². The fraction of sp³-hybridized carbons (Fsp3) is 0.400. The predicted molar refractivity (Wildman–Crippen MR) is 105 cm³/mol. The number of aromatic nitrogens is 2. The second-order valence-corrected chi connectivity index (χ2v) is 6.74. The molecule has 6 heteroatoms. The first-order chi connectivity index (χ1) is 12.4. The molecule has 0 radical (unpaired) electrons. The second kappa shape index (κ2) is 9.12. The number of hydrogen-bond donors (Lipinski definition) is 1. The molecule has 1 aliphatic rings. The Balaban J connectivity index is 0.00000196. The Hall–Kier alpha value is -1.95. The summed E-state index contributed by atoms with van der Waals surface area (Å²) in [4.78, 5) is 10.9. The van der Waals surface area contributed by atoms with Crippen LogP contribution in [0, 0.1) is 0 Å². The summed E-state index contributed by atoms with van der Waals surface area (Å²) in [5.74, 6) is 1.02. The maximum Gasteiger partial charge on any atom is 0.134 e. The summed E-state index contributed by atoms with van der Waals surface area (Å²) < 4.78 is 6.07. The SMILES string of the molecule is Cl.c1ccc2oc(CN(Cc3cncnc3)C3CCCNCC3)cc2c1. The van der Waals surface area contributed by atoms with Crippen molar-refractivity contribution in [1.82, 2.24) is 20.2 Å². The van der Waals surface area contributed by atoms with Crippen LogP contribution < -0.4 is 5.32 Å². The van der Waals surface area contributed by atoms with E-state index in [0.29, 0.717) is 6.04 Å². The van der Waals surface area contributed by atoms with Gasteiger partial charge in [0.2, 0.25) is 0 Å². The zero-order chi connectivity index (χ0) is 16.9. The average Bonchev–Trinajstić information content (AvgIpc) is 2.86. The smallest absolute Gasteiger partial charge is 0.134 e. The Labute approximate surface area is 160 Å². The molecule has 1 atom stereocenters. The van der Waals surface area contributed by atoms with Gasteiger partial charge in [0, 0.05) is 35.9 Å². The lowest BCUT2D eigenvalue weighted by atomic mass is 10.1. The van der Waals surface area contributed by atoms with Crippen molar-refractivity contribution in [2.24, 2.45) is 0 Å². The minimum absolute atomic E-state index is 0. The number of rotatable bonds is 5. The Bertz CT molecular complexity index is 767. The van der Waals surface area contributed by atoms with Crippen molar-refractivity contribution in [3.63, 3.8) is 0 Å². The molecule has 1 saturated heterocycles. The number of hydrogen-bond acceptors (Lipinski definition) is 5. The summed E-state index contributed by atoms with van der Waals surface area (Å²) in [6.45, 7) is 3.85. The number of benzene rings is 1. The van der Waals surface area contributed by atoms with Crippen molar-refractivity contribution >= 4 is 23.4 Å². The highest BCUT2D eigenvalue weighted by Gasteiger charge is 2.22. The first-order valence-electron chi connectivity index (χ1n) is 9.04. The molecule has 1 unspecified atom stereocenters. The molecule has 5 nitrogen and oxygen atoms in total. The van der Waals surface area contributed by atoms with Gasteiger partial charge in [-0.3, -0.25) is 4.90 Å². The van der Waals surface area contributed by atoms with Crippen molar-refractivity contribution in [2.45, 2.75) is 38.4 Å². The zero-order valence-electron chi connectivity index (χ0n) is 14.8. The van der Waals surface area contributed by atoms with Gasteiger partial charge < -0.3 is 9.73 Å². The number of furan rings is 1. The van der Waals surface area contributed by atoms with E-state index in [0.717, 1.165) is 49.5 Å². The minimum atomic E-state index is 0. The highest BCUT2D eigenvalue weighted by atomic mass is 35.5. The van der Waals surface area contributed by atoms with Crippen LogP contribution in [0.15, 0.2) is 53.5 Å². The van der Waals surface area contributed by atoms with Crippen molar-refractivity contribution in [3.05, 3.63) is 60.4 Å². The van der Waals surface area contributed by atoms with Crippen LogP contribution in [0.2, 0.25) is 0 Å². The molecule has 1 fully saturated rings. The van der Waals surface area contributed by atoms with Gasteiger partial charge in [0.15, 0.2) is 0 Å². The van der Waals surface area contributed by atoms with E-state index < -0.39 is 0 Å². The van der Waals surface area contributed by atoms with Gasteiger partial charge in [0.25, 0.3) is 0 Å². The second-order valence-electron chi connectivity index (χ2n) is 6.74. The molecule has 3 aromatic rings. The fourth-order valence-corrected chi connectivity index (χ4v) is 3.64. The van der Waals surface area contributed by atoms with E-state index in [1.807, 2.05) is 24.5 Å². The third-order valence-corrected chi connectivity index (χ3v) is 4.90. The van der Waals surface area contributed by atoms with Gasteiger partial charge in [-0.05, 0) is 44.5 Å². The number of para-hydroxylation sites is 1. The van der Waals surface area contributed by atoms with E-state index in [4.69, 9.17) is 4.42 Å². The van der Waals surface area contributed by atoms with Gasteiger partial charge in [-0.2, -0.15) is 0 Å². The fourth-order valence-electron chi connectivity index (χ4n) is 3.64. The summed E-state index contributed by atoms with van der Waals surface area (Å²) in [5, 5.41) is 4.68. The molecule has 138 valence electrons. The molecule has 0 amide bonds. The summed E-state index contributed by atoms with van der Waals surface area (Å²) in [5.41, 5.74) is 2.11. The molecular weight excluding hydrogens is 348 g/mol. The van der Waals surface area contributed by atoms with Gasteiger partial charge >= 0.3 is 0 Å². The molecule has 0 spiro atoms. The average molecular weight is 373 g/mol. The van der Waals surface area contributed by atoms with Crippen molar-refractivity contribution in [3.8, 4) is 0 Å². The first-order valence-corrected chi connectivity index (χ1v) is 9.04. The third-order valence-electron chi connectivity index (χ3n) is 4.90. The Morgan fingerprint density at radius 2 is 1.92 bits per heavy atom. The van der Waals surface area contributed by atoms with Gasteiger partial charge in [-0.15, -0.1) is 12.4 Å². The largest absolute Gasteiger partial charge is 0.460 e. The molecule has 0 bridgehead atoms. The monoisotopic (exact) mass is 372 g/mol. The molecule has 2 aromatic heterocycles. The molecular formula is C20H25ClN4O. The highest BCUT2D eigenvalue weighted by Crippen LogP contribution is 2.24. The standard InChI is InChI=1S/C20H24N4O.ClH/c1-2-6-20-17(4-1)10-19(25-20)14-24(13-16-11-22-15-23-12-16)18-5-3-8-21-9-7-18;/h1-2,4,6,10-12,15,18,21H,3,5,7-9,13-14H2;1H. The molecule has 0 saturated carbocycles. The van der Waals surface area contributed by atoms with Gasteiger partial charge in [0.1, 0.15) is 17.7 Å². The topological polar surface area (TPSA) is 54.2 Å². The molecule has 0 aliphatic carbocycles. The lowest BCUT2D eigenvalue weighted by Crippen LogP contribution is -2.35. The number of halogens is 1. The van der Waals surface area contributed by atoms with E-state index in [1.165, 1.54) is 18.2 Å². The van der Waals surface area contributed by atoms with Crippen LogP contribution in [0.5, 0.6) is 0 Å². The predicted octanol–water partition coefficient (Wildman–Crippen LogP) is 3.79. The van der Waals surface area contributed by atoms with E-state index >= 15 is 0 Å². The van der Waals surface area contributed by atoms with E-state index in [-0.39, 0.29) is 12.4 Å². The van der Waals surface area contributed by atoms with Crippen LogP contribution in [0.25, 0.3) is 11.0 Å². The van der Waals surface area contributed by atoms with Crippen molar-refractivity contribution in [2.75, 3.05) is 13.1 Å². The number of nitrogens with zero attached hydrogens (tertiary/aromatic N) is 3. The zero-order valence-corrected chi connectivity index (χ0v) is 15.6. The Morgan fingerprint density at radius 3 is 2.77 bits per heavy atom. The van der Waals surface area contributed by atoms with Crippen molar-refractivity contribution in [1.29, 1.82) is 0 Å². The summed E-state index contributed by atoms with van der Waals surface area (Å²) >= 11 is 0. The van der Waals surface area contributed by atoms with Crippen LogP contribution in [0.1, 0.15) is 30.6 Å². The first kappa shape index (κ1) is 18.8. The molecule has 1 aromatic carbocycles. The normalized spacial score (nSPS) is 17.8. The quantitative estimate of drug-likeness (QED) is 0.738. The third kappa shape index (κ3) is 4.61. The molecule has 4 rings (SSSR count). The van der Waals surface area contributed by atoms with Crippen LogP contribution in [0.3, 0.4) is 0 Å². The number of fused-ring (bicyclic) bond motifs is 1. The maximum absolute atomic E-state index is 6.07. The molecule has 1 aliphatic heterocycles. The summed E-state index contributed by atoms with van der Waals surface area (Å²) in [6.07, 6.45) is 8.99. The molecule has 26 heavy (non-hydrogen) atoms. The molecule has 3 heterocycles. The van der Waals surface area contributed by atoms with Crippen LogP contribution in [0.4, 0.5) is 0 Å². The van der Waals surface area contributed by atoms with E-state index in [9.17, 15) is 0 Å². The van der Waals surface area contributed by atoms with Crippen molar-refractivity contribution < 1.29 is 4.42 Å². The van der Waals surface area contributed by atoms with Crippen LogP contribution in [-0.2, 0) is 13.1 Å².